The van der Waals surface area contributed by atoms with E-state index in [0.717, 1.165) is 18.1 Å². The molecule has 0 radical (unpaired) electrons. The molecule has 0 aliphatic rings. The first-order valence-electron chi connectivity index (χ1n) is 11.0. The lowest BCUT2D eigenvalue weighted by atomic mass is 9.97. The lowest BCUT2D eigenvalue weighted by molar-refractivity contribution is 0.206. The van der Waals surface area contributed by atoms with E-state index in [2.05, 4.69) is 76.2 Å². The van der Waals surface area contributed by atoms with Gasteiger partial charge in [0.05, 0.1) is 6.10 Å². The quantitative estimate of drug-likeness (QED) is 0.345. The molecule has 2 aromatic carbocycles. The lowest BCUT2D eigenvalue weighted by Gasteiger charge is -2.15. The Kier molecular flexibility index (Phi) is 9.45. The van der Waals surface area contributed by atoms with Gasteiger partial charge in [0, 0.05) is 0 Å². The summed E-state index contributed by atoms with van der Waals surface area (Å²) in [5, 5.41) is 0. The molecule has 1 unspecified atom stereocenters. The highest BCUT2D eigenvalue weighted by atomic mass is 16.5. The number of unbranched alkanes of at least 4 members (excludes halogenated alkanes) is 3. The van der Waals surface area contributed by atoms with Crippen molar-refractivity contribution < 1.29 is 4.74 Å². The zero-order chi connectivity index (χ0) is 19.5. The van der Waals surface area contributed by atoms with E-state index in [-0.39, 0.29) is 6.10 Å². The zero-order valence-electron chi connectivity index (χ0n) is 17.8. The van der Waals surface area contributed by atoms with E-state index in [1.54, 1.807) is 0 Å². The molecule has 0 heterocycles. The highest BCUT2D eigenvalue weighted by molar-refractivity contribution is 5.64. The molecule has 0 saturated carbocycles. The Labute approximate surface area is 167 Å². The van der Waals surface area contributed by atoms with Crippen molar-refractivity contribution in [3.05, 3.63) is 54.1 Å². The maximum atomic E-state index is 6.07. The summed E-state index contributed by atoms with van der Waals surface area (Å²) in [6.45, 7) is 9.04. The van der Waals surface area contributed by atoms with Crippen LogP contribution in [0.15, 0.2) is 48.5 Å². The molecule has 0 aliphatic heterocycles. The molecule has 0 saturated heterocycles. The van der Waals surface area contributed by atoms with Crippen molar-refractivity contribution in [2.75, 3.05) is 0 Å². The Morgan fingerprint density at radius 1 is 0.741 bits per heavy atom. The number of rotatable bonds is 12. The Balaban J connectivity index is 1.85. The molecule has 0 N–H and O–H groups in total. The second-order valence-corrected chi connectivity index (χ2v) is 8.05. The van der Waals surface area contributed by atoms with Crippen molar-refractivity contribution in [1.29, 1.82) is 0 Å². The van der Waals surface area contributed by atoms with Crippen LogP contribution in [0.25, 0.3) is 11.1 Å². The smallest absolute Gasteiger partial charge is 0.119 e. The van der Waals surface area contributed by atoms with Gasteiger partial charge in [0.25, 0.3) is 0 Å². The van der Waals surface area contributed by atoms with E-state index in [4.69, 9.17) is 4.74 Å². The van der Waals surface area contributed by atoms with Crippen LogP contribution in [0.1, 0.15) is 78.2 Å². The fourth-order valence-electron chi connectivity index (χ4n) is 3.36. The summed E-state index contributed by atoms with van der Waals surface area (Å²) in [6.07, 6.45) is 10.3. The average Bonchev–Trinajstić information content (AvgIpc) is 2.70. The summed E-state index contributed by atoms with van der Waals surface area (Å²) in [6, 6.07) is 17.6. The van der Waals surface area contributed by atoms with Crippen LogP contribution in [0.4, 0.5) is 0 Å². The number of hydrogen-bond donors (Lipinski definition) is 0. The second kappa shape index (κ2) is 11.8. The van der Waals surface area contributed by atoms with E-state index in [1.807, 2.05) is 0 Å². The number of ether oxygens (including phenoxy) is 1. The van der Waals surface area contributed by atoms with Gasteiger partial charge < -0.3 is 4.74 Å². The third-order valence-electron chi connectivity index (χ3n) is 5.57. The summed E-state index contributed by atoms with van der Waals surface area (Å²) in [7, 11) is 0. The molecule has 0 spiro atoms. The fraction of sp³-hybridized carbons (Fsp3) is 0.538. The normalized spacial score (nSPS) is 13.3. The monoisotopic (exact) mass is 366 g/mol. The second-order valence-electron chi connectivity index (χ2n) is 8.05. The van der Waals surface area contributed by atoms with Crippen LogP contribution in [-0.4, -0.2) is 6.10 Å². The third kappa shape index (κ3) is 7.79. The molecule has 1 nitrogen and oxygen atoms in total. The van der Waals surface area contributed by atoms with Crippen LogP contribution in [0.3, 0.4) is 0 Å². The largest absolute Gasteiger partial charge is 0.491 e. The van der Waals surface area contributed by atoms with Gasteiger partial charge >= 0.3 is 0 Å². The van der Waals surface area contributed by atoms with E-state index in [9.17, 15) is 0 Å². The number of benzene rings is 2. The maximum absolute atomic E-state index is 6.07. The molecule has 0 bridgehead atoms. The van der Waals surface area contributed by atoms with Gasteiger partial charge in [-0.15, -0.1) is 0 Å². The summed E-state index contributed by atoms with van der Waals surface area (Å²) < 4.78 is 6.07. The van der Waals surface area contributed by atoms with Crippen LogP contribution in [-0.2, 0) is 6.42 Å². The van der Waals surface area contributed by atoms with Crippen LogP contribution < -0.4 is 4.74 Å². The van der Waals surface area contributed by atoms with Crippen LogP contribution >= 0.6 is 0 Å². The first kappa shape index (κ1) is 21.5. The van der Waals surface area contributed by atoms with Gasteiger partial charge in [0.15, 0.2) is 0 Å². The maximum Gasteiger partial charge on any atom is 0.119 e. The van der Waals surface area contributed by atoms with Gasteiger partial charge in [-0.2, -0.15) is 0 Å². The van der Waals surface area contributed by atoms with E-state index < -0.39 is 0 Å². The van der Waals surface area contributed by atoms with Crippen LogP contribution in [0.5, 0.6) is 5.75 Å². The molecule has 0 fully saturated rings. The van der Waals surface area contributed by atoms with Crippen molar-refractivity contribution in [3.63, 3.8) is 0 Å². The molecular weight excluding hydrogens is 328 g/mol. The molecule has 27 heavy (non-hydrogen) atoms. The van der Waals surface area contributed by atoms with Gasteiger partial charge in [0.2, 0.25) is 0 Å². The molecular formula is C26H38O. The van der Waals surface area contributed by atoms with Gasteiger partial charge in [-0.05, 0) is 67.3 Å². The third-order valence-corrected chi connectivity index (χ3v) is 5.57. The molecule has 0 amide bonds. The SMILES string of the molecule is CCCCCC[C@@H](C)Oc1ccc(-c2ccc(CCC(C)CC)cc2)cc1. The number of aryl methyl sites for hydroxylation is 1. The van der Waals surface area contributed by atoms with Crippen molar-refractivity contribution in [2.45, 2.75) is 85.2 Å². The Hall–Kier alpha value is -1.76. The van der Waals surface area contributed by atoms with Crippen LogP contribution in [0.2, 0.25) is 0 Å². The predicted molar refractivity (Wildman–Crippen MR) is 119 cm³/mol. The molecule has 2 rings (SSSR count). The van der Waals surface area contributed by atoms with Gasteiger partial charge in [-0.3, -0.25) is 0 Å². The Morgan fingerprint density at radius 2 is 1.37 bits per heavy atom. The molecule has 0 aromatic heterocycles. The standard InChI is InChI=1S/C26H38O/c1-5-7-8-9-10-22(4)27-26-19-17-25(18-20-26)24-15-13-23(14-16-24)12-11-21(3)6-2/h13-22H,5-12H2,1-4H3/t21?,22-/m1/s1. The average molecular weight is 367 g/mol. The van der Waals surface area contributed by atoms with Gasteiger partial charge in [-0.1, -0.05) is 82.9 Å². The van der Waals surface area contributed by atoms with Crippen molar-refractivity contribution >= 4 is 0 Å². The van der Waals surface area contributed by atoms with Crippen LogP contribution in [0, 0.1) is 5.92 Å². The molecule has 2 atom stereocenters. The summed E-state index contributed by atoms with van der Waals surface area (Å²) in [5.41, 5.74) is 3.98. The molecule has 0 aliphatic carbocycles. The molecule has 1 heteroatoms. The summed E-state index contributed by atoms with van der Waals surface area (Å²) in [4.78, 5) is 0. The van der Waals surface area contributed by atoms with Gasteiger partial charge in [0.1, 0.15) is 5.75 Å². The first-order chi connectivity index (χ1) is 13.1. The minimum absolute atomic E-state index is 0.289. The fourth-order valence-corrected chi connectivity index (χ4v) is 3.36. The van der Waals surface area contributed by atoms with E-state index in [1.165, 1.54) is 61.6 Å². The summed E-state index contributed by atoms with van der Waals surface area (Å²) >= 11 is 0. The van der Waals surface area contributed by atoms with Crippen molar-refractivity contribution in [2.24, 2.45) is 5.92 Å². The predicted octanol–water partition coefficient (Wildman–Crippen LogP) is 8.07. The molecule has 148 valence electrons. The Morgan fingerprint density at radius 3 is 1.96 bits per heavy atom. The Bertz CT molecular complexity index is 626. The summed E-state index contributed by atoms with van der Waals surface area (Å²) in [5.74, 6) is 1.79. The van der Waals surface area contributed by atoms with Crippen molar-refractivity contribution in [3.8, 4) is 16.9 Å². The lowest BCUT2D eigenvalue weighted by Crippen LogP contribution is -2.11. The highest BCUT2D eigenvalue weighted by Gasteiger charge is 2.05. The van der Waals surface area contributed by atoms with E-state index >= 15 is 0 Å². The highest BCUT2D eigenvalue weighted by Crippen LogP contribution is 2.24. The number of hydrogen-bond acceptors (Lipinski definition) is 1. The zero-order valence-corrected chi connectivity index (χ0v) is 17.8. The van der Waals surface area contributed by atoms with E-state index in [0.29, 0.717) is 0 Å². The molecule has 2 aromatic rings. The van der Waals surface area contributed by atoms with Gasteiger partial charge in [-0.25, -0.2) is 0 Å². The minimum atomic E-state index is 0.289. The topological polar surface area (TPSA) is 9.23 Å². The first-order valence-corrected chi connectivity index (χ1v) is 11.0. The van der Waals surface area contributed by atoms with Crippen molar-refractivity contribution in [1.82, 2.24) is 0 Å². The minimum Gasteiger partial charge on any atom is -0.491 e.